The molecule has 0 spiro atoms. The zero-order chi connectivity index (χ0) is 13.8. The van der Waals surface area contributed by atoms with Crippen LogP contribution in [0.25, 0.3) is 0 Å². The van der Waals surface area contributed by atoms with E-state index in [0.29, 0.717) is 6.61 Å². The molecule has 0 amide bonds. The third-order valence-electron chi connectivity index (χ3n) is 3.61. The first-order valence-electron chi connectivity index (χ1n) is 7.18. The molecule has 0 bridgehead atoms. The van der Waals surface area contributed by atoms with Gasteiger partial charge in [0.15, 0.2) is 5.82 Å². The van der Waals surface area contributed by atoms with Gasteiger partial charge in [-0.2, -0.15) is 0 Å². The summed E-state index contributed by atoms with van der Waals surface area (Å²) in [5, 5.41) is 12.2. The van der Waals surface area contributed by atoms with Crippen molar-refractivity contribution in [3.05, 3.63) is 47.5 Å². The summed E-state index contributed by atoms with van der Waals surface area (Å²) in [4.78, 5) is 0. The molecule has 1 aromatic heterocycles. The zero-order valence-electron chi connectivity index (χ0n) is 11.7. The highest BCUT2D eigenvalue weighted by atomic mass is 16.5. The number of rotatable bonds is 5. The van der Waals surface area contributed by atoms with Crippen LogP contribution in [0, 0.1) is 0 Å². The Balaban J connectivity index is 1.83. The average Bonchev–Trinajstić information content (AvgIpc) is 2.92. The van der Waals surface area contributed by atoms with E-state index < -0.39 is 0 Å². The van der Waals surface area contributed by atoms with Gasteiger partial charge in [-0.15, -0.1) is 10.2 Å². The van der Waals surface area contributed by atoms with Gasteiger partial charge in [-0.3, -0.25) is 0 Å². The van der Waals surface area contributed by atoms with Crippen LogP contribution in [0.15, 0.2) is 30.3 Å². The lowest BCUT2D eigenvalue weighted by molar-refractivity contribution is 0.148. The standard InChI is InChI=1S/C15H20N4O/c1-2-20-11-8-13-17-18-15-14(16-9-10-19(13)15)12-6-4-3-5-7-12/h3-7,14,16H,2,8-11H2,1H3. The minimum absolute atomic E-state index is 0.137. The number of hydrogen-bond donors (Lipinski definition) is 1. The molecule has 0 aliphatic carbocycles. The third-order valence-corrected chi connectivity index (χ3v) is 3.61. The molecule has 1 aromatic carbocycles. The molecule has 106 valence electrons. The summed E-state index contributed by atoms with van der Waals surface area (Å²) in [5.41, 5.74) is 1.23. The predicted octanol–water partition coefficient (Wildman–Crippen LogP) is 1.55. The Kier molecular flexibility index (Phi) is 4.08. The highest BCUT2D eigenvalue weighted by Gasteiger charge is 2.25. The molecule has 2 aromatic rings. The monoisotopic (exact) mass is 272 g/mol. The minimum Gasteiger partial charge on any atom is -0.381 e. The van der Waals surface area contributed by atoms with Crippen LogP contribution in [0.4, 0.5) is 0 Å². The minimum atomic E-state index is 0.137. The smallest absolute Gasteiger partial charge is 0.154 e. The van der Waals surface area contributed by atoms with Crippen LogP contribution in [0.1, 0.15) is 30.2 Å². The van der Waals surface area contributed by atoms with Gasteiger partial charge in [0.2, 0.25) is 0 Å². The zero-order valence-corrected chi connectivity index (χ0v) is 11.7. The Morgan fingerprint density at radius 3 is 2.95 bits per heavy atom. The number of nitrogens with one attached hydrogen (secondary N) is 1. The van der Waals surface area contributed by atoms with Crippen molar-refractivity contribution < 1.29 is 4.74 Å². The van der Waals surface area contributed by atoms with E-state index in [2.05, 4.69) is 44.3 Å². The van der Waals surface area contributed by atoms with Gasteiger partial charge in [0.05, 0.1) is 12.6 Å². The van der Waals surface area contributed by atoms with Crippen molar-refractivity contribution in [1.29, 1.82) is 0 Å². The summed E-state index contributed by atoms with van der Waals surface area (Å²) in [6.45, 7) is 5.32. The Morgan fingerprint density at radius 1 is 1.30 bits per heavy atom. The fourth-order valence-electron chi connectivity index (χ4n) is 2.62. The normalized spacial score (nSPS) is 17.9. The van der Waals surface area contributed by atoms with E-state index in [1.807, 2.05) is 13.0 Å². The van der Waals surface area contributed by atoms with E-state index in [9.17, 15) is 0 Å². The Bertz CT molecular complexity index is 552. The fourth-order valence-corrected chi connectivity index (χ4v) is 2.62. The molecule has 1 unspecified atom stereocenters. The highest BCUT2D eigenvalue weighted by Crippen LogP contribution is 2.23. The molecule has 5 nitrogen and oxygen atoms in total. The van der Waals surface area contributed by atoms with Gasteiger partial charge in [-0.05, 0) is 12.5 Å². The Hall–Kier alpha value is -1.72. The van der Waals surface area contributed by atoms with Gasteiger partial charge in [0.1, 0.15) is 5.82 Å². The van der Waals surface area contributed by atoms with E-state index in [4.69, 9.17) is 4.74 Å². The predicted molar refractivity (Wildman–Crippen MR) is 76.5 cm³/mol. The van der Waals surface area contributed by atoms with Crippen molar-refractivity contribution in [2.24, 2.45) is 0 Å². The molecule has 2 heterocycles. The molecule has 1 N–H and O–H groups in total. The molecule has 5 heteroatoms. The molecule has 0 radical (unpaired) electrons. The second kappa shape index (κ2) is 6.15. The first-order chi connectivity index (χ1) is 9.90. The summed E-state index contributed by atoms with van der Waals surface area (Å²) < 4.78 is 7.64. The Labute approximate surface area is 119 Å². The van der Waals surface area contributed by atoms with Crippen LogP contribution in [-0.4, -0.2) is 34.5 Å². The summed E-state index contributed by atoms with van der Waals surface area (Å²) in [6, 6.07) is 10.5. The summed E-state index contributed by atoms with van der Waals surface area (Å²) in [7, 11) is 0. The molecule has 20 heavy (non-hydrogen) atoms. The fraction of sp³-hybridized carbons (Fsp3) is 0.467. The number of aromatic nitrogens is 3. The van der Waals surface area contributed by atoms with Gasteiger partial charge in [0, 0.05) is 26.1 Å². The summed E-state index contributed by atoms with van der Waals surface area (Å²) >= 11 is 0. The quantitative estimate of drug-likeness (QED) is 0.839. The molecular formula is C15H20N4O. The average molecular weight is 272 g/mol. The van der Waals surface area contributed by atoms with Crippen LogP contribution in [-0.2, 0) is 17.7 Å². The van der Waals surface area contributed by atoms with E-state index in [-0.39, 0.29) is 6.04 Å². The number of fused-ring (bicyclic) bond motifs is 1. The summed E-state index contributed by atoms with van der Waals surface area (Å²) in [6.07, 6.45) is 0.822. The van der Waals surface area contributed by atoms with Crippen LogP contribution >= 0.6 is 0 Å². The van der Waals surface area contributed by atoms with Crippen molar-refractivity contribution in [2.45, 2.75) is 25.9 Å². The van der Waals surface area contributed by atoms with Crippen molar-refractivity contribution in [2.75, 3.05) is 19.8 Å². The van der Waals surface area contributed by atoms with Gasteiger partial charge in [-0.1, -0.05) is 30.3 Å². The van der Waals surface area contributed by atoms with Crippen LogP contribution in [0.3, 0.4) is 0 Å². The second-order valence-corrected chi connectivity index (χ2v) is 4.87. The molecule has 1 aliphatic rings. The van der Waals surface area contributed by atoms with Crippen molar-refractivity contribution in [3.8, 4) is 0 Å². The lowest BCUT2D eigenvalue weighted by Crippen LogP contribution is -2.35. The molecule has 3 rings (SSSR count). The highest BCUT2D eigenvalue weighted by molar-refractivity contribution is 5.26. The van der Waals surface area contributed by atoms with Crippen molar-refractivity contribution in [3.63, 3.8) is 0 Å². The maximum atomic E-state index is 5.41. The molecular weight excluding hydrogens is 252 g/mol. The maximum absolute atomic E-state index is 5.41. The molecule has 0 fully saturated rings. The Morgan fingerprint density at radius 2 is 2.15 bits per heavy atom. The SMILES string of the molecule is CCOCCc1nnc2n1CCNC2c1ccccc1. The number of hydrogen-bond acceptors (Lipinski definition) is 4. The van der Waals surface area contributed by atoms with E-state index in [0.717, 1.165) is 37.8 Å². The molecule has 0 saturated heterocycles. The first-order valence-corrected chi connectivity index (χ1v) is 7.18. The maximum Gasteiger partial charge on any atom is 0.154 e. The van der Waals surface area contributed by atoms with Crippen LogP contribution in [0.5, 0.6) is 0 Å². The third kappa shape index (κ3) is 2.59. The largest absolute Gasteiger partial charge is 0.381 e. The molecule has 1 aliphatic heterocycles. The topological polar surface area (TPSA) is 52.0 Å². The first kappa shape index (κ1) is 13.3. The van der Waals surface area contributed by atoms with E-state index >= 15 is 0 Å². The lowest BCUT2D eigenvalue weighted by Gasteiger charge is -2.25. The lowest BCUT2D eigenvalue weighted by atomic mass is 10.0. The van der Waals surface area contributed by atoms with Gasteiger partial charge in [-0.25, -0.2) is 0 Å². The molecule has 0 saturated carbocycles. The number of ether oxygens (including phenoxy) is 1. The number of nitrogens with zero attached hydrogens (tertiary/aromatic N) is 3. The second-order valence-electron chi connectivity index (χ2n) is 4.87. The van der Waals surface area contributed by atoms with Crippen LogP contribution < -0.4 is 5.32 Å². The summed E-state index contributed by atoms with van der Waals surface area (Å²) in [5.74, 6) is 2.03. The van der Waals surface area contributed by atoms with Gasteiger partial charge in [0.25, 0.3) is 0 Å². The van der Waals surface area contributed by atoms with E-state index in [1.54, 1.807) is 0 Å². The van der Waals surface area contributed by atoms with Gasteiger partial charge < -0.3 is 14.6 Å². The van der Waals surface area contributed by atoms with Crippen molar-refractivity contribution in [1.82, 2.24) is 20.1 Å². The van der Waals surface area contributed by atoms with Crippen molar-refractivity contribution >= 4 is 0 Å². The van der Waals surface area contributed by atoms with Crippen LogP contribution in [0.2, 0.25) is 0 Å². The molecule has 1 atom stereocenters. The number of benzene rings is 1. The van der Waals surface area contributed by atoms with Gasteiger partial charge >= 0.3 is 0 Å². The van der Waals surface area contributed by atoms with E-state index in [1.165, 1.54) is 5.56 Å².